The fourth-order valence-corrected chi connectivity index (χ4v) is 11.2. The maximum atomic E-state index is 14.3. The number of benzene rings is 4. The number of furan rings is 1. The van der Waals surface area contributed by atoms with Crippen LogP contribution in [0.2, 0.25) is 0 Å². The van der Waals surface area contributed by atoms with Crippen molar-refractivity contribution < 1.29 is 71.1 Å². The fraction of sp³-hybridized carbons (Fsp3) is 0.439. The minimum Gasteiger partial charge on any atom is -0.494 e. The Kier molecular flexibility index (Phi) is 21.7. The van der Waals surface area contributed by atoms with Crippen LogP contribution in [0.3, 0.4) is 0 Å². The third kappa shape index (κ3) is 17.4. The molecule has 0 amide bonds. The first kappa shape index (κ1) is 61.3. The van der Waals surface area contributed by atoms with Gasteiger partial charge in [0.2, 0.25) is 0 Å². The number of rotatable bonds is 27. The number of unbranched alkanes of at least 4 members (excludes halogenated alkanes) is 6. The minimum atomic E-state index is -0.610. The maximum Gasteiger partial charge on any atom is 0.330 e. The van der Waals surface area contributed by atoms with Crippen LogP contribution < -0.4 is 28.4 Å². The van der Waals surface area contributed by atoms with Crippen LogP contribution >= 0.6 is 11.3 Å². The lowest BCUT2D eigenvalue weighted by Gasteiger charge is -2.28. The van der Waals surface area contributed by atoms with Crippen molar-refractivity contribution in [3.05, 3.63) is 115 Å². The van der Waals surface area contributed by atoms with Crippen molar-refractivity contribution in [1.29, 1.82) is 0 Å². The summed E-state index contributed by atoms with van der Waals surface area (Å²) in [6.07, 6.45) is 12.7. The molecule has 16 nitrogen and oxygen atoms in total. The van der Waals surface area contributed by atoms with E-state index in [2.05, 4.69) is 13.2 Å². The van der Waals surface area contributed by atoms with E-state index in [1.807, 2.05) is 52.0 Å². The van der Waals surface area contributed by atoms with Gasteiger partial charge in [-0.3, -0.25) is 19.2 Å². The Morgan fingerprint density at radius 1 is 0.554 bits per heavy atom. The summed E-state index contributed by atoms with van der Waals surface area (Å²) in [4.78, 5) is 82.7. The molecule has 2 saturated carbocycles. The minimum absolute atomic E-state index is 0.277. The van der Waals surface area contributed by atoms with Gasteiger partial charge in [-0.1, -0.05) is 46.1 Å². The molecule has 0 unspecified atom stereocenters. The first-order chi connectivity index (χ1) is 40.0. The van der Waals surface area contributed by atoms with Gasteiger partial charge in [0, 0.05) is 23.1 Å². The van der Waals surface area contributed by atoms with E-state index in [1.165, 1.54) is 11.3 Å². The zero-order valence-corrected chi connectivity index (χ0v) is 48.8. The van der Waals surface area contributed by atoms with Gasteiger partial charge in [0.05, 0.1) is 50.1 Å². The lowest BCUT2D eigenvalue weighted by Crippen LogP contribution is -2.31. The number of carbonyl (C=O) groups is 6. The number of carbonyl (C=O) groups excluding carboxylic acids is 6. The second-order valence-corrected chi connectivity index (χ2v) is 23.3. The highest BCUT2D eigenvalue weighted by Gasteiger charge is 2.37. The molecule has 0 N–H and O–H groups in total. The van der Waals surface area contributed by atoms with Gasteiger partial charge in [0.15, 0.2) is 22.3 Å². The van der Waals surface area contributed by atoms with Gasteiger partial charge in [-0.15, -0.1) is 11.3 Å². The monoisotopic (exact) mass is 1150 g/mol. The predicted molar refractivity (Wildman–Crippen MR) is 315 cm³/mol. The molecule has 2 aliphatic rings. The van der Waals surface area contributed by atoms with E-state index in [9.17, 15) is 28.8 Å². The number of thiazole rings is 1. The smallest absolute Gasteiger partial charge is 0.330 e. The van der Waals surface area contributed by atoms with Crippen LogP contribution in [0.1, 0.15) is 135 Å². The Hall–Kier alpha value is -7.79. The van der Waals surface area contributed by atoms with E-state index in [0.29, 0.717) is 139 Å². The van der Waals surface area contributed by atoms with Gasteiger partial charge in [0.25, 0.3) is 0 Å². The van der Waals surface area contributed by atoms with Crippen LogP contribution in [0.5, 0.6) is 34.5 Å². The summed E-state index contributed by atoms with van der Waals surface area (Å²) in [5, 5.41) is 1.41. The number of hydrogen-bond donors (Lipinski definition) is 0. The number of nitrogens with zero attached hydrogens (tertiary/aromatic N) is 1. The van der Waals surface area contributed by atoms with E-state index < -0.39 is 53.0 Å². The standard InChI is InChI=1S/C66H75NO15S/c1-7-56(68)76-37-15-11-9-13-35-74-48-27-31-50(32-28-48)78-62(70)43-19-23-45(24-20-43)64(72)81-54-41-52(66(4,5)6)59(58-60(54)83-61(67-58)55-40-47-18-17-42(3)39-53(47)80-55)82-65(73)46-25-21-44(22-26-46)63(71)79-51-33-29-49(30-34-51)75-36-14-10-12-16-38-77-57(69)8-2/h7-8,17-18,27-34,39-41,43-46H,1-2,9-16,19-26,35-38H2,3-6H3. The van der Waals surface area contributed by atoms with Crippen molar-refractivity contribution in [2.75, 3.05) is 26.4 Å². The van der Waals surface area contributed by atoms with E-state index in [0.717, 1.165) is 74.5 Å². The lowest BCUT2D eigenvalue weighted by atomic mass is 9.82. The van der Waals surface area contributed by atoms with Crippen molar-refractivity contribution in [2.45, 2.75) is 136 Å². The van der Waals surface area contributed by atoms with Crippen molar-refractivity contribution in [1.82, 2.24) is 4.98 Å². The Morgan fingerprint density at radius 2 is 0.988 bits per heavy atom. The van der Waals surface area contributed by atoms with Gasteiger partial charge in [-0.05, 0) is 187 Å². The molecular formula is C66H75NO15S. The molecule has 83 heavy (non-hydrogen) atoms. The molecule has 0 spiro atoms. The second kappa shape index (κ2) is 29.5. The number of aryl methyl sites for hydroxylation is 1. The SMILES string of the molecule is C=CC(=O)OCCCCCCOc1ccc(OC(=O)C2CCC(C(=O)Oc3c(C(C)(C)C)cc(OC(=O)C4CCC(C(=O)Oc5ccc(OCCCCCCOC(=O)C=C)cc5)CC4)c4sc(-c5cc6ccc(C)cc6o5)nc34)CC2)cc1. The Bertz CT molecular complexity index is 3220. The molecule has 440 valence electrons. The highest BCUT2D eigenvalue weighted by molar-refractivity contribution is 7.22. The molecule has 2 aliphatic carbocycles. The molecule has 0 saturated heterocycles. The average molecular weight is 1150 g/mol. The molecule has 17 heteroatoms. The fourth-order valence-electron chi connectivity index (χ4n) is 10.2. The molecule has 0 bridgehead atoms. The molecule has 0 radical (unpaired) electrons. The second-order valence-electron chi connectivity index (χ2n) is 22.3. The number of ether oxygens (including phenoxy) is 8. The average Bonchev–Trinajstić information content (AvgIpc) is 4.34. The summed E-state index contributed by atoms with van der Waals surface area (Å²) in [5.74, 6) is -0.930. The lowest BCUT2D eigenvalue weighted by molar-refractivity contribution is -0.145. The molecule has 0 aliphatic heterocycles. The van der Waals surface area contributed by atoms with E-state index >= 15 is 0 Å². The first-order valence-electron chi connectivity index (χ1n) is 28.9. The molecule has 2 fully saturated rings. The number of hydrogen-bond acceptors (Lipinski definition) is 17. The molecule has 0 atom stereocenters. The largest absolute Gasteiger partial charge is 0.494 e. The zero-order valence-electron chi connectivity index (χ0n) is 48.0. The van der Waals surface area contributed by atoms with Crippen LogP contribution in [-0.2, 0) is 43.7 Å². The van der Waals surface area contributed by atoms with Gasteiger partial charge in [-0.2, -0.15) is 0 Å². The van der Waals surface area contributed by atoms with Crippen LogP contribution in [0.4, 0.5) is 0 Å². The third-order valence-electron chi connectivity index (χ3n) is 15.0. The van der Waals surface area contributed by atoms with E-state index in [4.69, 9.17) is 47.3 Å². The Labute approximate surface area is 488 Å². The summed E-state index contributed by atoms with van der Waals surface area (Å²) < 4.78 is 52.9. The molecule has 4 aromatic carbocycles. The summed E-state index contributed by atoms with van der Waals surface area (Å²) in [6.45, 7) is 16.5. The van der Waals surface area contributed by atoms with Gasteiger partial charge in [0.1, 0.15) is 38.8 Å². The zero-order chi connectivity index (χ0) is 58.9. The quantitative estimate of drug-likeness (QED) is 0.0204. The summed E-state index contributed by atoms with van der Waals surface area (Å²) in [5.41, 5.74) is 2.11. The topological polar surface area (TPSA) is 202 Å². The normalized spacial score (nSPS) is 17.0. The molecular weight excluding hydrogens is 1080 g/mol. The number of aromatic nitrogens is 1. The Balaban J connectivity index is 0.866. The third-order valence-corrected chi connectivity index (χ3v) is 16.1. The van der Waals surface area contributed by atoms with E-state index in [-0.39, 0.29) is 17.7 Å². The van der Waals surface area contributed by atoms with Crippen LogP contribution in [0, 0.1) is 30.6 Å². The number of esters is 6. The highest BCUT2D eigenvalue weighted by Crippen LogP contribution is 2.48. The summed E-state index contributed by atoms with van der Waals surface area (Å²) in [7, 11) is 0. The van der Waals surface area contributed by atoms with Crippen molar-refractivity contribution in [3.8, 4) is 45.3 Å². The van der Waals surface area contributed by atoms with Crippen molar-refractivity contribution in [3.63, 3.8) is 0 Å². The first-order valence-corrected chi connectivity index (χ1v) is 29.8. The molecule has 2 aromatic heterocycles. The van der Waals surface area contributed by atoms with Crippen LogP contribution in [0.15, 0.2) is 109 Å². The van der Waals surface area contributed by atoms with Crippen molar-refractivity contribution in [2.24, 2.45) is 23.7 Å². The van der Waals surface area contributed by atoms with Crippen LogP contribution in [-0.4, -0.2) is 67.2 Å². The molecule has 8 rings (SSSR count). The van der Waals surface area contributed by atoms with Gasteiger partial charge >= 0.3 is 35.8 Å². The maximum absolute atomic E-state index is 14.3. The Morgan fingerprint density at radius 3 is 1.45 bits per heavy atom. The van der Waals surface area contributed by atoms with Crippen LogP contribution in [0.25, 0.3) is 32.0 Å². The highest BCUT2D eigenvalue weighted by atomic mass is 32.1. The summed E-state index contributed by atoms with van der Waals surface area (Å²) >= 11 is 1.28. The molecule has 6 aromatic rings. The molecule has 2 heterocycles. The summed E-state index contributed by atoms with van der Waals surface area (Å²) in [6, 6.07) is 23.5. The van der Waals surface area contributed by atoms with Gasteiger partial charge in [-0.25, -0.2) is 14.6 Å². The predicted octanol–water partition coefficient (Wildman–Crippen LogP) is 14.3. The number of fused-ring (bicyclic) bond motifs is 2. The van der Waals surface area contributed by atoms with E-state index in [1.54, 1.807) is 54.6 Å². The van der Waals surface area contributed by atoms with Crippen molar-refractivity contribution >= 4 is 68.3 Å². The van der Waals surface area contributed by atoms with Gasteiger partial charge < -0.3 is 42.3 Å².